The maximum absolute atomic E-state index is 5.50. The first kappa shape index (κ1) is 14.0. The molecule has 1 saturated carbocycles. The third-order valence-electron chi connectivity index (χ3n) is 4.00. The van der Waals surface area contributed by atoms with Crippen molar-refractivity contribution >= 4 is 0 Å². The third-order valence-corrected chi connectivity index (χ3v) is 4.00. The average Bonchev–Trinajstić information content (AvgIpc) is 2.30. The third kappa shape index (κ3) is 4.42. The Hall–Kier alpha value is -0.0800. The molecule has 0 radical (unpaired) electrons. The molecule has 0 aliphatic heterocycles. The Balaban J connectivity index is 2.34. The number of rotatable bonds is 7. The molecule has 16 heavy (non-hydrogen) atoms. The molecule has 96 valence electrons. The molecule has 2 nitrogen and oxygen atoms in total. The largest absolute Gasteiger partial charge is 0.382 e. The van der Waals surface area contributed by atoms with E-state index in [1.54, 1.807) is 0 Å². The predicted octanol–water partition coefficient (Wildman–Crippen LogP) is 3.22. The first-order valence-corrected chi connectivity index (χ1v) is 7.06. The van der Waals surface area contributed by atoms with E-state index in [9.17, 15) is 0 Å². The minimum absolute atomic E-state index is 0.730. The molecule has 0 amide bonds. The normalized spacial score (nSPS) is 30.6. The van der Waals surface area contributed by atoms with Crippen molar-refractivity contribution in [2.75, 3.05) is 20.3 Å². The summed E-state index contributed by atoms with van der Waals surface area (Å²) < 4.78 is 5.50. The van der Waals surface area contributed by atoms with Crippen molar-refractivity contribution < 1.29 is 4.74 Å². The molecule has 1 rings (SSSR count). The van der Waals surface area contributed by atoms with Gasteiger partial charge >= 0.3 is 0 Å². The summed E-state index contributed by atoms with van der Waals surface area (Å²) in [6, 6.07) is 0.730. The molecule has 1 fully saturated rings. The minimum Gasteiger partial charge on any atom is -0.382 e. The summed E-state index contributed by atoms with van der Waals surface area (Å²) in [4.78, 5) is 0. The van der Waals surface area contributed by atoms with Crippen LogP contribution in [0, 0.1) is 11.8 Å². The van der Waals surface area contributed by atoms with Crippen molar-refractivity contribution in [3.8, 4) is 0 Å². The van der Waals surface area contributed by atoms with Gasteiger partial charge in [-0.2, -0.15) is 0 Å². The molecule has 0 aromatic rings. The van der Waals surface area contributed by atoms with Crippen LogP contribution in [-0.4, -0.2) is 26.3 Å². The fraction of sp³-hybridized carbons (Fsp3) is 1.00. The van der Waals surface area contributed by atoms with Crippen LogP contribution in [0.4, 0.5) is 0 Å². The number of ether oxygens (including phenoxy) is 1. The van der Waals surface area contributed by atoms with Crippen LogP contribution < -0.4 is 5.32 Å². The molecular formula is C14H29NO. The van der Waals surface area contributed by atoms with Gasteiger partial charge in [-0.3, -0.25) is 0 Å². The lowest BCUT2D eigenvalue weighted by molar-refractivity contribution is 0.104. The van der Waals surface area contributed by atoms with Crippen molar-refractivity contribution in [2.45, 2.75) is 58.4 Å². The van der Waals surface area contributed by atoms with Crippen LogP contribution in [0.3, 0.4) is 0 Å². The van der Waals surface area contributed by atoms with E-state index in [2.05, 4.69) is 26.2 Å². The van der Waals surface area contributed by atoms with Gasteiger partial charge < -0.3 is 10.1 Å². The van der Waals surface area contributed by atoms with E-state index >= 15 is 0 Å². The molecule has 1 N–H and O–H groups in total. The Morgan fingerprint density at radius 3 is 2.62 bits per heavy atom. The Labute approximate surface area is 101 Å². The predicted molar refractivity (Wildman–Crippen MR) is 69.7 cm³/mol. The SMILES string of the molecule is CCCC1CCC(NC)C(CCOCC)C1. The zero-order valence-corrected chi connectivity index (χ0v) is 11.3. The molecule has 0 bridgehead atoms. The Morgan fingerprint density at radius 2 is 2.00 bits per heavy atom. The first-order chi connectivity index (χ1) is 7.81. The standard InChI is InChI=1S/C14H29NO/c1-4-6-12-7-8-14(15-3)13(11-12)9-10-16-5-2/h12-15H,4-11H2,1-3H3. The highest BCUT2D eigenvalue weighted by Crippen LogP contribution is 2.33. The fourth-order valence-electron chi connectivity index (χ4n) is 3.11. The molecule has 0 aromatic carbocycles. The summed E-state index contributed by atoms with van der Waals surface area (Å²) in [6.45, 7) is 6.18. The van der Waals surface area contributed by atoms with Gasteiger partial charge in [0, 0.05) is 19.3 Å². The van der Waals surface area contributed by atoms with Gasteiger partial charge in [-0.25, -0.2) is 0 Å². The molecule has 3 unspecified atom stereocenters. The zero-order chi connectivity index (χ0) is 11.8. The second-order valence-corrected chi connectivity index (χ2v) is 5.11. The second kappa shape index (κ2) is 8.08. The average molecular weight is 227 g/mol. The first-order valence-electron chi connectivity index (χ1n) is 7.06. The van der Waals surface area contributed by atoms with E-state index in [1.807, 2.05) is 0 Å². The van der Waals surface area contributed by atoms with Gasteiger partial charge in [0.25, 0.3) is 0 Å². The van der Waals surface area contributed by atoms with Crippen LogP contribution in [0.2, 0.25) is 0 Å². The molecule has 0 aromatic heterocycles. The van der Waals surface area contributed by atoms with Crippen LogP contribution in [0.5, 0.6) is 0 Å². The van der Waals surface area contributed by atoms with E-state index in [0.717, 1.165) is 31.1 Å². The molecule has 1 aliphatic rings. The maximum atomic E-state index is 5.50. The van der Waals surface area contributed by atoms with Gasteiger partial charge in [0.2, 0.25) is 0 Å². The van der Waals surface area contributed by atoms with Crippen molar-refractivity contribution in [1.29, 1.82) is 0 Å². The van der Waals surface area contributed by atoms with Crippen LogP contribution in [0.1, 0.15) is 52.4 Å². The molecule has 2 heteroatoms. The lowest BCUT2D eigenvalue weighted by Crippen LogP contribution is -2.39. The maximum Gasteiger partial charge on any atom is 0.0469 e. The monoisotopic (exact) mass is 227 g/mol. The summed E-state index contributed by atoms with van der Waals surface area (Å²) in [5, 5.41) is 3.49. The number of hydrogen-bond acceptors (Lipinski definition) is 2. The fourth-order valence-corrected chi connectivity index (χ4v) is 3.11. The highest BCUT2D eigenvalue weighted by molar-refractivity contribution is 4.83. The van der Waals surface area contributed by atoms with Crippen molar-refractivity contribution in [3.05, 3.63) is 0 Å². The zero-order valence-electron chi connectivity index (χ0n) is 11.3. The van der Waals surface area contributed by atoms with Crippen LogP contribution in [-0.2, 0) is 4.74 Å². The molecule has 0 spiro atoms. The van der Waals surface area contributed by atoms with Gasteiger partial charge in [0.1, 0.15) is 0 Å². The highest BCUT2D eigenvalue weighted by Gasteiger charge is 2.28. The minimum atomic E-state index is 0.730. The van der Waals surface area contributed by atoms with Crippen molar-refractivity contribution in [3.63, 3.8) is 0 Å². The summed E-state index contributed by atoms with van der Waals surface area (Å²) in [5.41, 5.74) is 0. The number of nitrogens with one attached hydrogen (secondary N) is 1. The van der Waals surface area contributed by atoms with Gasteiger partial charge in [0.05, 0.1) is 0 Å². The smallest absolute Gasteiger partial charge is 0.0469 e. The quantitative estimate of drug-likeness (QED) is 0.674. The lowest BCUT2D eigenvalue weighted by atomic mass is 9.75. The summed E-state index contributed by atoms with van der Waals surface area (Å²) in [7, 11) is 2.11. The summed E-state index contributed by atoms with van der Waals surface area (Å²) >= 11 is 0. The van der Waals surface area contributed by atoms with Crippen molar-refractivity contribution in [2.24, 2.45) is 11.8 Å². The lowest BCUT2D eigenvalue weighted by Gasteiger charge is -2.36. The Kier molecular flexibility index (Phi) is 7.06. The van der Waals surface area contributed by atoms with Crippen molar-refractivity contribution in [1.82, 2.24) is 5.32 Å². The van der Waals surface area contributed by atoms with Crippen LogP contribution in [0.25, 0.3) is 0 Å². The van der Waals surface area contributed by atoms with E-state index in [-0.39, 0.29) is 0 Å². The topological polar surface area (TPSA) is 21.3 Å². The van der Waals surface area contributed by atoms with E-state index in [0.29, 0.717) is 0 Å². The van der Waals surface area contributed by atoms with Gasteiger partial charge in [0.15, 0.2) is 0 Å². The van der Waals surface area contributed by atoms with E-state index in [1.165, 1.54) is 38.5 Å². The summed E-state index contributed by atoms with van der Waals surface area (Å²) in [5.74, 6) is 1.81. The Morgan fingerprint density at radius 1 is 1.19 bits per heavy atom. The van der Waals surface area contributed by atoms with Crippen LogP contribution >= 0.6 is 0 Å². The summed E-state index contributed by atoms with van der Waals surface area (Å²) in [6.07, 6.45) is 8.18. The van der Waals surface area contributed by atoms with Gasteiger partial charge in [-0.05, 0) is 51.5 Å². The van der Waals surface area contributed by atoms with Gasteiger partial charge in [-0.15, -0.1) is 0 Å². The second-order valence-electron chi connectivity index (χ2n) is 5.11. The molecular weight excluding hydrogens is 198 g/mol. The van der Waals surface area contributed by atoms with Gasteiger partial charge in [-0.1, -0.05) is 19.8 Å². The molecule has 0 heterocycles. The van der Waals surface area contributed by atoms with Crippen LogP contribution in [0.15, 0.2) is 0 Å². The molecule has 1 aliphatic carbocycles. The molecule has 3 atom stereocenters. The molecule has 0 saturated heterocycles. The Bertz CT molecular complexity index is 172. The highest BCUT2D eigenvalue weighted by atomic mass is 16.5. The van der Waals surface area contributed by atoms with E-state index < -0.39 is 0 Å². The number of hydrogen-bond donors (Lipinski definition) is 1. The van der Waals surface area contributed by atoms with E-state index in [4.69, 9.17) is 4.74 Å².